The maximum Gasteiger partial charge on any atom is 0.434 e. The van der Waals surface area contributed by atoms with E-state index < -0.39 is 17.3 Å². The van der Waals surface area contributed by atoms with Crippen LogP contribution < -0.4 is 0 Å². The van der Waals surface area contributed by atoms with Gasteiger partial charge in [-0.05, 0) is 25.3 Å². The Labute approximate surface area is 115 Å². The van der Waals surface area contributed by atoms with E-state index in [0.29, 0.717) is 6.42 Å². The highest BCUT2D eigenvalue weighted by molar-refractivity contribution is 6.24. The number of aliphatic hydroxyl groups is 1. The molecule has 0 fully saturated rings. The smallest absolute Gasteiger partial charge is 0.388 e. The van der Waals surface area contributed by atoms with E-state index in [4.69, 9.17) is 11.6 Å². The predicted molar refractivity (Wildman–Crippen MR) is 67.0 cm³/mol. The van der Waals surface area contributed by atoms with Gasteiger partial charge in [0.25, 0.3) is 5.06 Å². The monoisotopic (exact) mass is 296 g/mol. The molecule has 0 radical (unpaired) electrons. The van der Waals surface area contributed by atoms with Crippen molar-refractivity contribution < 1.29 is 23.0 Å². The Morgan fingerprint density at radius 2 is 1.84 bits per heavy atom. The zero-order valence-corrected chi connectivity index (χ0v) is 11.2. The van der Waals surface area contributed by atoms with E-state index in [1.807, 2.05) is 6.07 Å². The fraction of sp³-hybridized carbons (Fsp3) is 0.538. The Morgan fingerprint density at radius 3 is 2.32 bits per heavy atom. The Balaban J connectivity index is 2.70. The lowest BCUT2D eigenvalue weighted by molar-refractivity contribution is -0.268. The first kappa shape index (κ1) is 16.3. The van der Waals surface area contributed by atoms with Crippen molar-refractivity contribution in [3.8, 4) is 0 Å². The minimum Gasteiger partial charge on any atom is -0.388 e. The molecule has 0 amide bonds. The van der Waals surface area contributed by atoms with Crippen LogP contribution in [0, 0.1) is 0 Å². The first-order valence-electron chi connectivity index (χ1n) is 5.93. The van der Waals surface area contributed by atoms with Crippen LogP contribution in [0.3, 0.4) is 0 Å². The molecule has 1 aromatic carbocycles. The molecule has 0 heterocycles. The van der Waals surface area contributed by atoms with E-state index in [-0.39, 0.29) is 13.0 Å². The van der Waals surface area contributed by atoms with Gasteiger partial charge in [-0.1, -0.05) is 41.9 Å². The number of aliphatic hydroxyl groups excluding tert-OH is 1. The number of aryl methyl sites for hydroxylation is 1. The second-order valence-corrected chi connectivity index (χ2v) is 4.68. The summed E-state index contributed by atoms with van der Waals surface area (Å²) >= 11 is 5.43. The molecule has 0 aliphatic rings. The molecule has 1 N–H and O–H groups in total. The summed E-state index contributed by atoms with van der Waals surface area (Å²) in [4.78, 5) is 0. The fourth-order valence-electron chi connectivity index (χ4n) is 1.71. The zero-order valence-electron chi connectivity index (χ0n) is 10.5. The second-order valence-electron chi connectivity index (χ2n) is 4.12. The summed E-state index contributed by atoms with van der Waals surface area (Å²) in [6.45, 7) is 1.16. The minimum absolute atomic E-state index is 0.132. The van der Waals surface area contributed by atoms with Crippen LogP contribution in [0.2, 0.25) is 0 Å². The summed E-state index contributed by atoms with van der Waals surface area (Å²) in [5, 5.41) is 6.67. The SMILES string of the molecule is CCO[C@](Cl)([C@H](O)CCc1ccccc1)C(F)(F)F. The van der Waals surface area contributed by atoms with Crippen LogP contribution >= 0.6 is 11.6 Å². The quantitative estimate of drug-likeness (QED) is 0.814. The van der Waals surface area contributed by atoms with Gasteiger partial charge in [0.05, 0.1) is 0 Å². The molecule has 0 bridgehead atoms. The van der Waals surface area contributed by atoms with Crippen LogP contribution in [0.15, 0.2) is 30.3 Å². The Hall–Kier alpha value is -0.780. The van der Waals surface area contributed by atoms with Gasteiger partial charge in [0, 0.05) is 6.61 Å². The van der Waals surface area contributed by atoms with Crippen LogP contribution in [0.5, 0.6) is 0 Å². The lowest BCUT2D eigenvalue weighted by atomic mass is 10.0. The van der Waals surface area contributed by atoms with E-state index >= 15 is 0 Å². The molecular formula is C13H16ClF3O2. The van der Waals surface area contributed by atoms with Crippen LogP contribution in [0.1, 0.15) is 18.9 Å². The predicted octanol–water partition coefficient (Wildman–Crippen LogP) is 3.51. The van der Waals surface area contributed by atoms with Crippen molar-refractivity contribution in [3.05, 3.63) is 35.9 Å². The van der Waals surface area contributed by atoms with Gasteiger partial charge in [-0.15, -0.1) is 0 Å². The molecule has 1 aromatic rings. The average molecular weight is 297 g/mol. The van der Waals surface area contributed by atoms with Crippen molar-refractivity contribution >= 4 is 11.6 Å². The summed E-state index contributed by atoms with van der Waals surface area (Å²) < 4.78 is 43.1. The molecule has 0 saturated heterocycles. The number of halogens is 4. The summed E-state index contributed by atoms with van der Waals surface area (Å²) in [5.41, 5.74) is 0.833. The maximum absolute atomic E-state index is 12.9. The Bertz CT molecular complexity index is 383. The standard InChI is InChI=1S/C13H16ClF3O2/c1-2-19-12(14,13(15,16)17)11(18)9-8-10-6-4-3-5-7-10/h3-7,11,18H,2,8-9H2,1H3/t11-,12-/m1/s1. The molecule has 6 heteroatoms. The van der Waals surface area contributed by atoms with Gasteiger partial charge in [0.2, 0.25) is 0 Å². The van der Waals surface area contributed by atoms with Gasteiger partial charge in [0.15, 0.2) is 0 Å². The van der Waals surface area contributed by atoms with Crippen molar-refractivity contribution in [3.63, 3.8) is 0 Å². The second kappa shape index (κ2) is 6.59. The molecule has 2 nitrogen and oxygen atoms in total. The fourth-order valence-corrected chi connectivity index (χ4v) is 1.93. The van der Waals surface area contributed by atoms with Crippen LogP contribution in [-0.2, 0) is 11.2 Å². The molecule has 0 aliphatic carbocycles. The minimum atomic E-state index is -4.83. The third-order valence-electron chi connectivity index (χ3n) is 2.72. The zero-order chi connectivity index (χ0) is 14.5. The van der Waals surface area contributed by atoms with Gasteiger partial charge in [-0.2, -0.15) is 13.2 Å². The largest absolute Gasteiger partial charge is 0.434 e. The summed E-state index contributed by atoms with van der Waals surface area (Å²) in [6.07, 6.45) is -6.50. The lowest BCUT2D eigenvalue weighted by Crippen LogP contribution is -2.52. The van der Waals surface area contributed by atoms with Gasteiger partial charge >= 0.3 is 6.18 Å². The number of ether oxygens (including phenoxy) is 1. The average Bonchev–Trinajstić information content (AvgIpc) is 2.36. The molecule has 1 rings (SSSR count). The highest BCUT2D eigenvalue weighted by atomic mass is 35.5. The first-order chi connectivity index (χ1) is 8.81. The van der Waals surface area contributed by atoms with Gasteiger partial charge in [0.1, 0.15) is 6.10 Å². The molecule has 0 aromatic heterocycles. The number of hydrogen-bond donors (Lipinski definition) is 1. The Kier molecular flexibility index (Phi) is 5.64. The van der Waals surface area contributed by atoms with Crippen molar-refractivity contribution in [1.29, 1.82) is 0 Å². The van der Waals surface area contributed by atoms with E-state index in [0.717, 1.165) is 5.56 Å². The third-order valence-corrected chi connectivity index (χ3v) is 3.29. The lowest BCUT2D eigenvalue weighted by Gasteiger charge is -2.33. The highest BCUT2D eigenvalue weighted by Crippen LogP contribution is 2.41. The van der Waals surface area contributed by atoms with Crippen LogP contribution in [0.4, 0.5) is 13.2 Å². The molecule has 108 valence electrons. The number of alkyl halides is 4. The van der Waals surface area contributed by atoms with E-state index in [1.54, 1.807) is 24.3 Å². The summed E-state index contributed by atoms with van der Waals surface area (Å²) in [6, 6.07) is 8.92. The van der Waals surface area contributed by atoms with Crippen molar-refractivity contribution in [2.75, 3.05) is 6.61 Å². The van der Waals surface area contributed by atoms with Gasteiger partial charge < -0.3 is 9.84 Å². The molecule has 19 heavy (non-hydrogen) atoms. The molecule has 0 unspecified atom stereocenters. The van der Waals surface area contributed by atoms with E-state index in [9.17, 15) is 18.3 Å². The van der Waals surface area contributed by atoms with Gasteiger partial charge in [-0.25, -0.2) is 0 Å². The Morgan fingerprint density at radius 1 is 1.26 bits per heavy atom. The highest BCUT2D eigenvalue weighted by Gasteiger charge is 2.59. The summed E-state index contributed by atoms with van der Waals surface area (Å²) in [7, 11) is 0. The topological polar surface area (TPSA) is 29.5 Å². The number of rotatable bonds is 6. The van der Waals surface area contributed by atoms with E-state index in [1.165, 1.54) is 6.92 Å². The molecule has 2 atom stereocenters. The third kappa shape index (κ3) is 4.09. The number of hydrogen-bond acceptors (Lipinski definition) is 2. The van der Waals surface area contributed by atoms with Crippen molar-refractivity contribution in [2.24, 2.45) is 0 Å². The molecule has 0 aliphatic heterocycles. The van der Waals surface area contributed by atoms with Crippen LogP contribution in [-0.4, -0.2) is 29.1 Å². The molecule has 0 spiro atoms. The summed E-state index contributed by atoms with van der Waals surface area (Å²) in [5.74, 6) is 0. The molecular weight excluding hydrogens is 281 g/mol. The molecule has 0 saturated carbocycles. The first-order valence-corrected chi connectivity index (χ1v) is 6.30. The van der Waals surface area contributed by atoms with Crippen molar-refractivity contribution in [1.82, 2.24) is 0 Å². The van der Waals surface area contributed by atoms with Crippen LogP contribution in [0.25, 0.3) is 0 Å². The van der Waals surface area contributed by atoms with Crippen molar-refractivity contribution in [2.45, 2.75) is 37.1 Å². The van der Waals surface area contributed by atoms with Gasteiger partial charge in [-0.3, -0.25) is 0 Å². The normalized spacial score (nSPS) is 16.9. The maximum atomic E-state index is 12.9. The number of benzene rings is 1. The van der Waals surface area contributed by atoms with E-state index in [2.05, 4.69) is 4.74 Å².